The van der Waals surface area contributed by atoms with Crippen LogP contribution in [0, 0.1) is 0 Å². The molecule has 0 bridgehead atoms. The van der Waals surface area contributed by atoms with Crippen molar-refractivity contribution < 1.29 is 0 Å². The van der Waals surface area contributed by atoms with E-state index in [4.69, 9.17) is 11.6 Å². The molecule has 0 atom stereocenters. The van der Waals surface area contributed by atoms with E-state index in [1.165, 1.54) is 11.3 Å². The number of aromatic nitrogens is 5. The lowest BCUT2D eigenvalue weighted by Gasteiger charge is -2.11. The van der Waals surface area contributed by atoms with Crippen molar-refractivity contribution in [3.63, 3.8) is 0 Å². The number of H-pyrrole nitrogens is 1. The normalized spacial score (nSPS) is 11.2. The van der Waals surface area contributed by atoms with Gasteiger partial charge in [0.05, 0.1) is 26.4 Å². The zero-order chi connectivity index (χ0) is 21.4. The summed E-state index contributed by atoms with van der Waals surface area (Å²) in [5, 5.41) is 8.15. The van der Waals surface area contributed by atoms with Crippen molar-refractivity contribution in [2.75, 3.05) is 5.32 Å². The third kappa shape index (κ3) is 3.83. The summed E-state index contributed by atoms with van der Waals surface area (Å²) >= 11 is 7.93. The number of aromatic amines is 1. The molecule has 0 aliphatic heterocycles. The molecule has 0 amide bonds. The number of halogens is 1. The predicted octanol–water partition coefficient (Wildman–Crippen LogP) is 4.71. The minimum absolute atomic E-state index is 0.234. The monoisotopic (exact) mass is 448 g/mol. The molecule has 3 heterocycles. The van der Waals surface area contributed by atoms with Gasteiger partial charge < -0.3 is 10.3 Å². The standard InChI is InChI=1S/C22H17ClN6OS/c1-29-8-7-16(28-29)20-18(14-9-15(23)19-17(10-14)31-12-25-19)27-22(30)21(26-20)24-11-13-5-3-2-4-6-13/h2-10,12H,11H2,1H3,(H,24,26)(H,27,30). The van der Waals surface area contributed by atoms with Crippen LogP contribution >= 0.6 is 22.9 Å². The topological polar surface area (TPSA) is 88.5 Å². The van der Waals surface area contributed by atoms with Gasteiger partial charge in [-0.3, -0.25) is 9.48 Å². The molecule has 0 radical (unpaired) electrons. The first kappa shape index (κ1) is 19.5. The van der Waals surface area contributed by atoms with Gasteiger partial charge in [-0.05, 0) is 23.8 Å². The number of aryl methyl sites for hydroxylation is 1. The molecule has 5 rings (SSSR count). The zero-order valence-corrected chi connectivity index (χ0v) is 18.0. The molecule has 7 nitrogen and oxygen atoms in total. The predicted molar refractivity (Wildman–Crippen MR) is 124 cm³/mol. The number of benzene rings is 2. The maximum absolute atomic E-state index is 12.9. The molecule has 31 heavy (non-hydrogen) atoms. The molecule has 5 aromatic rings. The van der Waals surface area contributed by atoms with Crippen molar-refractivity contribution in [1.82, 2.24) is 24.7 Å². The fraction of sp³-hybridized carbons (Fsp3) is 0.0909. The van der Waals surface area contributed by atoms with E-state index in [9.17, 15) is 4.79 Å². The molecule has 0 aliphatic carbocycles. The highest BCUT2D eigenvalue weighted by Crippen LogP contribution is 2.34. The Kier molecular flexibility index (Phi) is 5.01. The minimum Gasteiger partial charge on any atom is -0.361 e. The van der Waals surface area contributed by atoms with Crippen LogP contribution in [0.3, 0.4) is 0 Å². The van der Waals surface area contributed by atoms with E-state index in [1.807, 2.05) is 55.7 Å². The molecular weight excluding hydrogens is 432 g/mol. The average Bonchev–Trinajstić information content (AvgIpc) is 3.42. The van der Waals surface area contributed by atoms with Crippen molar-refractivity contribution in [3.8, 4) is 22.6 Å². The van der Waals surface area contributed by atoms with E-state index >= 15 is 0 Å². The Morgan fingerprint density at radius 2 is 2.03 bits per heavy atom. The summed E-state index contributed by atoms with van der Waals surface area (Å²) in [5.74, 6) is 0.234. The van der Waals surface area contributed by atoms with Crippen LogP contribution in [0.15, 0.2) is 65.0 Å². The number of thiazole rings is 1. The van der Waals surface area contributed by atoms with Crippen LogP contribution < -0.4 is 10.9 Å². The number of fused-ring (bicyclic) bond motifs is 1. The van der Waals surface area contributed by atoms with Gasteiger partial charge in [-0.25, -0.2) is 9.97 Å². The molecule has 0 saturated heterocycles. The van der Waals surface area contributed by atoms with E-state index in [-0.39, 0.29) is 11.4 Å². The molecular formula is C22H17ClN6OS. The Labute approximate surface area is 186 Å². The molecule has 3 aromatic heterocycles. The van der Waals surface area contributed by atoms with E-state index in [0.717, 1.165) is 21.3 Å². The summed E-state index contributed by atoms with van der Waals surface area (Å²) in [6, 6.07) is 15.4. The number of nitrogens with zero attached hydrogens (tertiary/aromatic N) is 4. The third-order valence-electron chi connectivity index (χ3n) is 4.85. The van der Waals surface area contributed by atoms with Gasteiger partial charge in [-0.15, -0.1) is 11.3 Å². The Morgan fingerprint density at radius 1 is 1.19 bits per heavy atom. The molecule has 2 aromatic carbocycles. The molecule has 9 heteroatoms. The second-order valence-corrected chi connectivity index (χ2v) is 8.30. The van der Waals surface area contributed by atoms with E-state index in [0.29, 0.717) is 28.6 Å². The quantitative estimate of drug-likeness (QED) is 0.406. The van der Waals surface area contributed by atoms with Crippen LogP contribution in [0.5, 0.6) is 0 Å². The fourth-order valence-electron chi connectivity index (χ4n) is 3.36. The van der Waals surface area contributed by atoms with Crippen LogP contribution in [-0.4, -0.2) is 24.7 Å². The van der Waals surface area contributed by atoms with E-state index < -0.39 is 0 Å². The molecule has 154 valence electrons. The van der Waals surface area contributed by atoms with Crippen LogP contribution in [0.25, 0.3) is 32.9 Å². The van der Waals surface area contributed by atoms with Gasteiger partial charge in [0.15, 0.2) is 5.82 Å². The highest BCUT2D eigenvalue weighted by atomic mass is 35.5. The van der Waals surface area contributed by atoms with Gasteiger partial charge in [0.1, 0.15) is 11.4 Å². The number of hydrogen-bond acceptors (Lipinski definition) is 6. The maximum Gasteiger partial charge on any atom is 0.291 e. The number of rotatable bonds is 5. The van der Waals surface area contributed by atoms with Crippen LogP contribution in [0.2, 0.25) is 5.02 Å². The van der Waals surface area contributed by atoms with Crippen molar-refractivity contribution in [1.29, 1.82) is 0 Å². The van der Waals surface area contributed by atoms with Gasteiger partial charge in [0, 0.05) is 25.4 Å². The highest BCUT2D eigenvalue weighted by Gasteiger charge is 2.18. The summed E-state index contributed by atoms with van der Waals surface area (Å²) in [4.78, 5) is 24.8. The minimum atomic E-state index is -0.314. The molecule has 0 unspecified atom stereocenters. The largest absolute Gasteiger partial charge is 0.361 e. The molecule has 0 saturated carbocycles. The Bertz CT molecular complexity index is 1440. The summed E-state index contributed by atoms with van der Waals surface area (Å²) < 4.78 is 2.63. The lowest BCUT2D eigenvalue weighted by Crippen LogP contribution is -2.18. The lowest BCUT2D eigenvalue weighted by molar-refractivity contribution is 0.770. The Balaban J connectivity index is 1.63. The second-order valence-electron chi connectivity index (χ2n) is 7.01. The van der Waals surface area contributed by atoms with Crippen LogP contribution in [0.4, 0.5) is 5.82 Å². The van der Waals surface area contributed by atoms with Crippen LogP contribution in [-0.2, 0) is 13.6 Å². The zero-order valence-electron chi connectivity index (χ0n) is 16.5. The lowest BCUT2D eigenvalue weighted by atomic mass is 10.1. The summed E-state index contributed by atoms with van der Waals surface area (Å²) in [5.41, 5.74) is 5.75. The van der Waals surface area contributed by atoms with E-state index in [1.54, 1.807) is 16.3 Å². The Morgan fingerprint density at radius 3 is 2.81 bits per heavy atom. The molecule has 2 N–H and O–H groups in total. The van der Waals surface area contributed by atoms with Gasteiger partial charge in [-0.2, -0.15) is 5.10 Å². The average molecular weight is 449 g/mol. The summed E-state index contributed by atoms with van der Waals surface area (Å²) in [6.45, 7) is 0.483. The van der Waals surface area contributed by atoms with Gasteiger partial charge in [0.25, 0.3) is 5.56 Å². The van der Waals surface area contributed by atoms with E-state index in [2.05, 4.69) is 25.4 Å². The fourth-order valence-corrected chi connectivity index (χ4v) is 4.42. The van der Waals surface area contributed by atoms with Crippen LogP contribution in [0.1, 0.15) is 5.56 Å². The van der Waals surface area contributed by atoms with Gasteiger partial charge >= 0.3 is 0 Å². The SMILES string of the molecule is Cn1ccc(-c2nc(NCc3ccccc3)c(=O)[nH]c2-c2cc(Cl)c3ncsc3c2)n1. The Hall–Kier alpha value is -3.49. The highest BCUT2D eigenvalue weighted by molar-refractivity contribution is 7.16. The van der Waals surface area contributed by atoms with Gasteiger partial charge in [0.2, 0.25) is 0 Å². The molecule has 0 fully saturated rings. The first-order valence-corrected chi connectivity index (χ1v) is 10.8. The number of nitrogens with one attached hydrogen (secondary N) is 2. The van der Waals surface area contributed by atoms with Gasteiger partial charge in [-0.1, -0.05) is 41.9 Å². The number of anilines is 1. The number of hydrogen-bond donors (Lipinski definition) is 2. The van der Waals surface area contributed by atoms with Crippen molar-refractivity contribution in [2.45, 2.75) is 6.54 Å². The molecule has 0 aliphatic rings. The van der Waals surface area contributed by atoms with Crippen molar-refractivity contribution in [3.05, 3.63) is 81.2 Å². The molecule has 0 spiro atoms. The van der Waals surface area contributed by atoms with Crippen molar-refractivity contribution in [2.24, 2.45) is 7.05 Å². The summed E-state index contributed by atoms with van der Waals surface area (Å²) in [6.07, 6.45) is 1.84. The smallest absolute Gasteiger partial charge is 0.291 e. The third-order valence-corrected chi connectivity index (χ3v) is 5.92. The summed E-state index contributed by atoms with van der Waals surface area (Å²) in [7, 11) is 1.84. The second kappa shape index (κ2) is 7.98. The first-order valence-electron chi connectivity index (χ1n) is 9.54. The maximum atomic E-state index is 12.9. The van der Waals surface area contributed by atoms with Crippen molar-refractivity contribution >= 4 is 39.0 Å². The first-order chi connectivity index (χ1) is 15.1.